The lowest BCUT2D eigenvalue weighted by molar-refractivity contribution is 0.0933. The summed E-state index contributed by atoms with van der Waals surface area (Å²) in [6.07, 6.45) is 1.71. The van der Waals surface area contributed by atoms with E-state index in [4.69, 9.17) is 0 Å². The molecule has 2 aromatic rings. The maximum Gasteiger partial charge on any atom is 0.265 e. The molecule has 0 spiro atoms. The molecule has 0 unspecified atom stereocenters. The van der Waals surface area contributed by atoms with Crippen LogP contribution in [0.1, 0.15) is 28.8 Å². The summed E-state index contributed by atoms with van der Waals surface area (Å²) in [4.78, 5) is 12.5. The van der Waals surface area contributed by atoms with Gasteiger partial charge in [0.15, 0.2) is 0 Å². The average molecular weight is 467 g/mol. The number of hydrogen-bond acceptors (Lipinski definition) is 6. The molecule has 3 rings (SSSR count). The summed E-state index contributed by atoms with van der Waals surface area (Å²) in [6, 6.07) is 12.2. The van der Waals surface area contributed by atoms with Crippen LogP contribution in [0.25, 0.3) is 0 Å². The molecule has 1 amide bonds. The van der Waals surface area contributed by atoms with Gasteiger partial charge in [0.1, 0.15) is 0 Å². The van der Waals surface area contributed by atoms with E-state index in [1.807, 2.05) is 6.92 Å². The highest BCUT2D eigenvalue weighted by Gasteiger charge is 2.27. The summed E-state index contributed by atoms with van der Waals surface area (Å²) in [6.45, 7) is 3.14. The van der Waals surface area contributed by atoms with Crippen molar-refractivity contribution in [2.75, 3.05) is 26.2 Å². The molecule has 3 N–H and O–H groups in total. The van der Waals surface area contributed by atoms with Gasteiger partial charge in [0.25, 0.3) is 5.91 Å². The first-order valence-corrected chi connectivity index (χ1v) is 12.8. The number of aryl methyl sites for hydroxylation is 1. The van der Waals surface area contributed by atoms with Crippen LogP contribution in [0.15, 0.2) is 58.3 Å². The summed E-state index contributed by atoms with van der Waals surface area (Å²) >= 11 is 0. The normalized spacial score (nSPS) is 15.1. The zero-order valence-electron chi connectivity index (χ0n) is 17.2. The van der Waals surface area contributed by atoms with E-state index in [9.17, 15) is 21.6 Å². The van der Waals surface area contributed by atoms with Gasteiger partial charge in [-0.1, -0.05) is 17.7 Å². The van der Waals surface area contributed by atoms with Gasteiger partial charge < -0.3 is 0 Å². The van der Waals surface area contributed by atoms with Crippen molar-refractivity contribution in [3.63, 3.8) is 0 Å². The number of amides is 1. The summed E-state index contributed by atoms with van der Waals surface area (Å²) in [7, 11) is -7.14. The third-order valence-corrected chi connectivity index (χ3v) is 8.28. The van der Waals surface area contributed by atoms with Crippen LogP contribution in [0, 0.1) is 6.92 Å². The minimum absolute atomic E-state index is 0.0729. The monoisotopic (exact) mass is 466 g/mol. The Morgan fingerprint density at radius 2 is 1.45 bits per heavy atom. The molecule has 31 heavy (non-hydrogen) atoms. The van der Waals surface area contributed by atoms with Crippen molar-refractivity contribution in [1.82, 2.24) is 19.9 Å². The molecular formula is C20H26N4O5S2. The molecule has 0 aromatic heterocycles. The molecule has 1 fully saturated rings. The molecule has 9 nitrogen and oxygen atoms in total. The van der Waals surface area contributed by atoms with Crippen LogP contribution < -0.4 is 15.6 Å². The van der Waals surface area contributed by atoms with E-state index >= 15 is 0 Å². The lowest BCUT2D eigenvalue weighted by atomic mass is 10.2. The smallest absolute Gasteiger partial charge is 0.265 e. The third-order valence-electron chi connectivity index (χ3n) is 4.89. The Bertz CT molecular complexity index is 1110. The molecule has 168 valence electrons. The van der Waals surface area contributed by atoms with Crippen molar-refractivity contribution in [2.45, 2.75) is 29.6 Å². The summed E-state index contributed by atoms with van der Waals surface area (Å²) < 4.78 is 53.3. The Balaban J connectivity index is 1.46. The van der Waals surface area contributed by atoms with E-state index in [0.717, 1.165) is 18.4 Å². The number of hydrazine groups is 1. The quantitative estimate of drug-likeness (QED) is 0.374. The number of nitrogens with zero attached hydrogens (tertiary/aromatic N) is 1. The van der Waals surface area contributed by atoms with Crippen LogP contribution in [0.3, 0.4) is 0 Å². The van der Waals surface area contributed by atoms with Gasteiger partial charge in [0.2, 0.25) is 20.0 Å². The van der Waals surface area contributed by atoms with Crippen molar-refractivity contribution in [3.05, 3.63) is 59.7 Å². The molecule has 0 bridgehead atoms. The van der Waals surface area contributed by atoms with Crippen molar-refractivity contribution in [1.29, 1.82) is 0 Å². The summed E-state index contributed by atoms with van der Waals surface area (Å²) in [5.74, 6) is -0.452. The molecule has 0 radical (unpaired) electrons. The first kappa shape index (κ1) is 23.4. The van der Waals surface area contributed by atoms with Crippen LogP contribution in [0.5, 0.6) is 0 Å². The second kappa shape index (κ2) is 9.88. The maximum atomic E-state index is 12.5. The van der Waals surface area contributed by atoms with Gasteiger partial charge in [-0.3, -0.25) is 10.2 Å². The van der Waals surface area contributed by atoms with Gasteiger partial charge in [-0.25, -0.2) is 27.0 Å². The number of carbonyl (C=O) groups is 1. The molecular weight excluding hydrogens is 440 g/mol. The number of carbonyl (C=O) groups excluding carboxylic acids is 1. The highest BCUT2D eigenvalue weighted by Crippen LogP contribution is 2.21. The van der Waals surface area contributed by atoms with Crippen LogP contribution in [-0.2, 0) is 20.0 Å². The van der Waals surface area contributed by atoms with Crippen molar-refractivity contribution >= 4 is 26.0 Å². The van der Waals surface area contributed by atoms with E-state index in [1.165, 1.54) is 40.7 Å². The topological polar surface area (TPSA) is 125 Å². The van der Waals surface area contributed by atoms with E-state index in [-0.39, 0.29) is 28.4 Å². The number of sulfonamides is 2. The predicted octanol–water partition coefficient (Wildman–Crippen LogP) is 0.992. The molecule has 1 aliphatic rings. The Morgan fingerprint density at radius 3 is 2.06 bits per heavy atom. The second-order valence-electron chi connectivity index (χ2n) is 7.23. The standard InChI is InChI=1S/C20H26N4O5S2/c1-16-4-8-18(9-5-16)30(26,27)22-13-12-21-23-20(25)17-6-10-19(11-7-17)31(28,29)24-14-2-3-15-24/h4-11,21-22H,2-3,12-15H2,1H3,(H,23,25). The number of nitrogens with one attached hydrogen (secondary N) is 3. The lowest BCUT2D eigenvalue weighted by Crippen LogP contribution is -2.42. The molecule has 1 aliphatic heterocycles. The Hall–Kier alpha value is -2.31. The largest absolute Gasteiger partial charge is 0.287 e. The molecule has 11 heteroatoms. The second-order valence-corrected chi connectivity index (χ2v) is 10.9. The van der Waals surface area contributed by atoms with E-state index in [2.05, 4.69) is 15.6 Å². The fraction of sp³-hybridized carbons (Fsp3) is 0.350. The zero-order chi connectivity index (χ0) is 22.5. The molecule has 0 aliphatic carbocycles. The van der Waals surface area contributed by atoms with Gasteiger partial charge in [0, 0.05) is 31.7 Å². The highest BCUT2D eigenvalue weighted by molar-refractivity contribution is 7.89. The fourth-order valence-electron chi connectivity index (χ4n) is 3.12. The first-order valence-electron chi connectivity index (χ1n) is 9.90. The van der Waals surface area contributed by atoms with Gasteiger partial charge in [-0.15, -0.1) is 0 Å². The Kier molecular flexibility index (Phi) is 7.44. The van der Waals surface area contributed by atoms with Gasteiger partial charge in [0.05, 0.1) is 9.79 Å². The van der Waals surface area contributed by atoms with Crippen LogP contribution in [0.2, 0.25) is 0 Å². The minimum Gasteiger partial charge on any atom is -0.287 e. The van der Waals surface area contributed by atoms with Crippen molar-refractivity contribution < 1.29 is 21.6 Å². The van der Waals surface area contributed by atoms with Gasteiger partial charge in [-0.2, -0.15) is 4.31 Å². The number of hydrogen-bond donors (Lipinski definition) is 3. The number of rotatable bonds is 9. The average Bonchev–Trinajstić information content (AvgIpc) is 3.29. The Morgan fingerprint density at radius 1 is 0.871 bits per heavy atom. The Labute approximate surface area is 182 Å². The van der Waals surface area contributed by atoms with Crippen LogP contribution in [0.4, 0.5) is 0 Å². The van der Waals surface area contributed by atoms with Gasteiger partial charge >= 0.3 is 0 Å². The predicted molar refractivity (Wildman–Crippen MR) is 116 cm³/mol. The first-order chi connectivity index (χ1) is 14.7. The number of benzene rings is 2. The molecule has 1 saturated heterocycles. The molecule has 0 atom stereocenters. The van der Waals surface area contributed by atoms with Crippen LogP contribution in [-0.4, -0.2) is 53.2 Å². The van der Waals surface area contributed by atoms with Crippen molar-refractivity contribution in [2.24, 2.45) is 0 Å². The van der Waals surface area contributed by atoms with Crippen LogP contribution >= 0.6 is 0 Å². The molecule has 0 saturated carbocycles. The van der Waals surface area contributed by atoms with Crippen molar-refractivity contribution in [3.8, 4) is 0 Å². The van der Waals surface area contributed by atoms with E-state index < -0.39 is 26.0 Å². The van der Waals surface area contributed by atoms with E-state index in [0.29, 0.717) is 13.1 Å². The minimum atomic E-state index is -3.62. The zero-order valence-corrected chi connectivity index (χ0v) is 18.8. The molecule has 2 aromatic carbocycles. The van der Waals surface area contributed by atoms with Gasteiger partial charge in [-0.05, 0) is 56.2 Å². The summed E-state index contributed by atoms with van der Waals surface area (Å²) in [5.41, 5.74) is 6.36. The maximum absolute atomic E-state index is 12.5. The highest BCUT2D eigenvalue weighted by atomic mass is 32.2. The summed E-state index contributed by atoms with van der Waals surface area (Å²) in [5, 5.41) is 0. The van der Waals surface area contributed by atoms with E-state index in [1.54, 1.807) is 12.1 Å². The SMILES string of the molecule is Cc1ccc(S(=O)(=O)NCCNNC(=O)c2ccc(S(=O)(=O)N3CCCC3)cc2)cc1. The third kappa shape index (κ3) is 5.89. The fourth-order valence-corrected chi connectivity index (χ4v) is 5.67. The molecule has 1 heterocycles. The lowest BCUT2D eigenvalue weighted by Gasteiger charge is -2.15.